The summed E-state index contributed by atoms with van der Waals surface area (Å²) in [6.45, 7) is 13.2. The van der Waals surface area contributed by atoms with Gasteiger partial charge in [-0.2, -0.15) is 0 Å². The molecule has 4 heterocycles. The first-order chi connectivity index (χ1) is 70.5. The Morgan fingerprint density at radius 3 is 0.797 bits per heavy atom. The number of amides is 11. The van der Waals surface area contributed by atoms with Crippen LogP contribution in [0.1, 0.15) is 263 Å². The van der Waals surface area contributed by atoms with Crippen molar-refractivity contribution in [1.82, 2.24) is 58.5 Å². The molecule has 0 aromatic rings. The number of unbranched alkanes of at least 4 members (excludes halogenated alkanes) is 13. The lowest BCUT2D eigenvalue weighted by Crippen LogP contribution is -2.69. The van der Waals surface area contributed by atoms with Gasteiger partial charge < -0.3 is 153 Å². The van der Waals surface area contributed by atoms with Gasteiger partial charge >= 0.3 is 53.7 Å². The summed E-state index contributed by atoms with van der Waals surface area (Å²) < 4.78 is 110. The minimum absolute atomic E-state index is 0.0243. The average Bonchev–Trinajstić information content (AvgIpc) is 0.798. The predicted molar refractivity (Wildman–Crippen MR) is 513 cm³/mol. The third kappa shape index (κ3) is 55.3. The van der Waals surface area contributed by atoms with E-state index in [1.165, 1.54) is 27.7 Å². The van der Waals surface area contributed by atoms with Crippen LogP contribution in [0.3, 0.4) is 0 Å². The molecule has 0 aromatic carbocycles. The SMILES string of the molecule is CC(=O)N[C@@H]1[C@@H](OCCC(=O)NCCCNC(=O)CCCCO[C@@H]2O[C@H](COC(C)=O)[C@H](OC(C)=O)[C@H](OC(C)=O)[C@H]2NC(C)=O)[C@H](OCCC(=O)NCCCNC(=O)CCCCO[C@@H]2O[C@H](COC(C)=O)[C@H](OC(C)=O)[C@H](OC(C)=O)[C@H]2NC(C)=O)[C@@H](COCCC(=O)NCCCNC(=O)CCCCO[C@@H]2O[C@H](COC(C)=O)[C@H](OC(C)=O)[C@H](OC(C)=O)[C@H]2NC(C)=O)O[C@H]1NC(=O)CCCCCCCCCCCCC=O. The Balaban J connectivity index is 1.45. The topological polar surface area (TPSA) is 666 Å². The molecule has 4 rings (SSSR count). The van der Waals surface area contributed by atoms with Crippen LogP contribution in [-0.4, -0.2) is 353 Å². The second-order valence-electron chi connectivity index (χ2n) is 35.9. The fourth-order valence-electron chi connectivity index (χ4n) is 16.3. The van der Waals surface area contributed by atoms with Crippen molar-refractivity contribution in [3.63, 3.8) is 0 Å². The van der Waals surface area contributed by atoms with E-state index in [0.29, 0.717) is 44.9 Å². The van der Waals surface area contributed by atoms with Crippen LogP contribution in [0, 0.1) is 0 Å². The van der Waals surface area contributed by atoms with Crippen LogP contribution in [0.5, 0.6) is 0 Å². The Labute approximate surface area is 861 Å². The highest BCUT2D eigenvalue weighted by Crippen LogP contribution is 2.34. The van der Waals surface area contributed by atoms with Crippen LogP contribution in [0.15, 0.2) is 0 Å². The summed E-state index contributed by atoms with van der Waals surface area (Å²) in [5.74, 6) is -11.8. The van der Waals surface area contributed by atoms with Crippen LogP contribution in [-0.2, 0) is 191 Å². The van der Waals surface area contributed by atoms with E-state index in [4.69, 9.17) is 90.0 Å². The summed E-state index contributed by atoms with van der Waals surface area (Å²) >= 11 is 0. The standard InChI is InChI=1S/C97H157N11O40/c1-58(110)104-82-90(132-53-40-80(128)103-46-33-43-100-77(125)36-26-30-50-135-97-85(107-61(4)113)93(144-70(13)122)89(141-67(10)119)74(148-97)57-138-64(7)116)86(131-52-39-79(127)102-45-32-42-99-76(124)35-25-29-49-134-96-84(106-60(3)112)92(143-69(12)121)88(140-66(9)118)73(147-96)56-137-63(6)115)71(145-94(82)108-81(129)37-23-21-19-17-15-14-16-18-20-22-27-47-109)54-130-51-38-78(126)101-44-31-41-98-75(123)34-24-28-48-133-95-83(105-59(2)111)91(142-68(11)120)87(139-65(8)117)72(146-95)55-136-62(5)114/h47,71-74,82-97H,14-46,48-57H2,1-13H3,(H,98,123)(H,99,124)(H,100,125)(H,101,126)(H,102,127)(H,103,128)(H,104,110)(H,105,111)(H,106,112)(H,107,113)(H,108,129)/t71-,72-,73-,74-,82-,83-,84-,85-,86-,87+,88+,89+,90-,91-,92-,93-,94-,95-,96-,97-/m1/s1. The number of esters is 9. The number of aldehydes is 1. The molecule has 4 aliphatic heterocycles. The van der Waals surface area contributed by atoms with Crippen molar-refractivity contribution in [3.05, 3.63) is 0 Å². The van der Waals surface area contributed by atoms with Crippen LogP contribution in [0.4, 0.5) is 0 Å². The summed E-state index contributed by atoms with van der Waals surface area (Å²) in [7, 11) is 0. The first-order valence-electron chi connectivity index (χ1n) is 50.7. The van der Waals surface area contributed by atoms with E-state index in [9.17, 15) is 101 Å². The summed E-state index contributed by atoms with van der Waals surface area (Å²) in [4.78, 5) is 264. The minimum atomic E-state index is -1.33. The molecule has 11 N–H and O–H groups in total. The van der Waals surface area contributed by atoms with Crippen LogP contribution < -0.4 is 58.5 Å². The molecular formula is C97H157N11O40. The molecule has 11 amide bonds. The molecule has 0 unspecified atom stereocenters. The first kappa shape index (κ1) is 129. The molecule has 0 bridgehead atoms. The highest BCUT2D eigenvalue weighted by Gasteiger charge is 2.56. The highest BCUT2D eigenvalue weighted by molar-refractivity contribution is 5.80. The maximum Gasteiger partial charge on any atom is 0.303 e. The van der Waals surface area contributed by atoms with E-state index >= 15 is 0 Å². The lowest BCUT2D eigenvalue weighted by molar-refractivity contribution is -0.277. The first-order valence-corrected chi connectivity index (χ1v) is 50.7. The molecule has 0 saturated carbocycles. The molecule has 20 atom stereocenters. The van der Waals surface area contributed by atoms with E-state index in [-0.39, 0.29) is 174 Å². The number of rotatable bonds is 73. The van der Waals surface area contributed by atoms with Crippen molar-refractivity contribution in [2.24, 2.45) is 0 Å². The van der Waals surface area contributed by atoms with E-state index in [1.54, 1.807) is 0 Å². The van der Waals surface area contributed by atoms with Gasteiger partial charge in [-0.05, 0) is 70.6 Å². The number of carbonyl (C=O) groups is 21. The zero-order valence-electron chi connectivity index (χ0n) is 87.4. The van der Waals surface area contributed by atoms with Gasteiger partial charge in [0, 0.05) is 200 Å². The number of hydrogen-bond acceptors (Lipinski definition) is 40. The van der Waals surface area contributed by atoms with Crippen LogP contribution in [0.2, 0.25) is 0 Å². The zero-order chi connectivity index (χ0) is 109. The number of hydrogen-bond donors (Lipinski definition) is 11. The van der Waals surface area contributed by atoms with Gasteiger partial charge in [0.2, 0.25) is 65.0 Å². The second-order valence-corrected chi connectivity index (χ2v) is 35.9. The molecule has 4 saturated heterocycles. The van der Waals surface area contributed by atoms with Gasteiger partial charge in [-0.3, -0.25) is 95.9 Å². The molecule has 0 aliphatic carbocycles. The van der Waals surface area contributed by atoms with Crippen LogP contribution >= 0.6 is 0 Å². The van der Waals surface area contributed by atoms with E-state index in [1.807, 2.05) is 0 Å². The minimum Gasteiger partial charge on any atom is -0.463 e. The van der Waals surface area contributed by atoms with Crippen molar-refractivity contribution in [2.75, 3.05) is 105 Å². The van der Waals surface area contributed by atoms with E-state index < -0.39 is 243 Å². The summed E-state index contributed by atoms with van der Waals surface area (Å²) in [5, 5.41) is 30.4. The molecule has 0 spiro atoms. The number of carbonyl (C=O) groups excluding carboxylic acids is 21. The molecule has 4 fully saturated rings. The predicted octanol–water partition coefficient (Wildman–Crippen LogP) is 0.566. The Hall–Kier alpha value is -11.3. The summed E-state index contributed by atoms with van der Waals surface area (Å²) in [6, 6.07) is -4.79. The fourth-order valence-corrected chi connectivity index (χ4v) is 16.3. The smallest absolute Gasteiger partial charge is 0.303 e. The largest absolute Gasteiger partial charge is 0.463 e. The van der Waals surface area contributed by atoms with Crippen molar-refractivity contribution in [3.8, 4) is 0 Å². The van der Waals surface area contributed by atoms with Gasteiger partial charge in [-0.1, -0.05) is 51.4 Å². The molecule has 148 heavy (non-hydrogen) atoms. The average molecular weight is 2120 g/mol. The normalized spacial score (nSPS) is 23.3. The summed E-state index contributed by atoms with van der Waals surface area (Å²) in [5.41, 5.74) is 0. The zero-order valence-corrected chi connectivity index (χ0v) is 87.4. The molecule has 0 radical (unpaired) electrons. The third-order valence-electron chi connectivity index (χ3n) is 22.8. The van der Waals surface area contributed by atoms with Gasteiger partial charge in [-0.25, -0.2) is 0 Å². The van der Waals surface area contributed by atoms with Gasteiger partial charge in [0.05, 0.1) is 26.4 Å². The van der Waals surface area contributed by atoms with E-state index in [2.05, 4.69) is 58.5 Å². The van der Waals surface area contributed by atoms with Gasteiger partial charge in [0.1, 0.15) is 86.9 Å². The molecule has 51 nitrogen and oxygen atoms in total. The maximum atomic E-state index is 14.1. The highest BCUT2D eigenvalue weighted by atomic mass is 16.7. The molecular weight excluding hydrogens is 1960 g/mol. The molecule has 840 valence electrons. The van der Waals surface area contributed by atoms with Crippen molar-refractivity contribution in [2.45, 2.75) is 386 Å². The van der Waals surface area contributed by atoms with Crippen molar-refractivity contribution in [1.29, 1.82) is 0 Å². The lowest BCUT2D eigenvalue weighted by atomic mass is 9.94. The van der Waals surface area contributed by atoms with Crippen molar-refractivity contribution < 1.29 is 191 Å². The Bertz CT molecular complexity index is 4190. The molecule has 51 heteroatoms. The number of nitrogens with one attached hydrogen (secondary N) is 11. The quantitative estimate of drug-likeness (QED) is 0.0172. The number of ether oxygens (including phenoxy) is 19. The van der Waals surface area contributed by atoms with E-state index in [0.717, 1.165) is 126 Å². The summed E-state index contributed by atoms with van der Waals surface area (Å²) in [6.07, 6.45) is -7.73. The lowest BCUT2D eigenvalue weighted by Gasteiger charge is -2.46. The Morgan fingerprint density at radius 2 is 0.493 bits per heavy atom. The van der Waals surface area contributed by atoms with Crippen LogP contribution in [0.25, 0.3) is 0 Å². The Kier molecular flexibility index (Phi) is 64.2. The van der Waals surface area contributed by atoms with Crippen molar-refractivity contribution >= 4 is 125 Å². The second kappa shape index (κ2) is 73.7. The van der Waals surface area contributed by atoms with Gasteiger partial charge in [0.25, 0.3) is 0 Å². The van der Waals surface area contributed by atoms with Gasteiger partial charge in [0.15, 0.2) is 61.7 Å². The molecule has 0 aromatic heterocycles. The fraction of sp³-hybridized carbons (Fsp3) is 0.784. The maximum absolute atomic E-state index is 14.1. The third-order valence-corrected chi connectivity index (χ3v) is 22.8. The Morgan fingerprint density at radius 1 is 0.230 bits per heavy atom. The van der Waals surface area contributed by atoms with Gasteiger partial charge in [-0.15, -0.1) is 0 Å². The molecule has 4 aliphatic rings. The monoisotopic (exact) mass is 2120 g/mol.